The van der Waals surface area contributed by atoms with Crippen LogP contribution in [0.1, 0.15) is 55.7 Å². The molecule has 0 saturated heterocycles. The molecule has 0 spiro atoms. The van der Waals surface area contributed by atoms with Crippen molar-refractivity contribution in [1.82, 2.24) is 5.43 Å². The summed E-state index contributed by atoms with van der Waals surface area (Å²) in [5, 5.41) is 0. The van der Waals surface area contributed by atoms with Crippen LogP contribution in [-0.2, 0) is 0 Å². The van der Waals surface area contributed by atoms with Gasteiger partial charge in [0.05, 0.1) is 0 Å². The highest BCUT2D eigenvalue weighted by Gasteiger charge is 2.23. The molecule has 1 fully saturated rings. The summed E-state index contributed by atoms with van der Waals surface area (Å²) in [5.41, 5.74) is 5.62. The van der Waals surface area contributed by atoms with Gasteiger partial charge in [-0.15, -0.1) is 0 Å². The largest absolute Gasteiger partial charge is 0.271 e. The summed E-state index contributed by atoms with van der Waals surface area (Å²) in [6.45, 7) is 2.12. The zero-order chi connectivity index (χ0) is 13.0. The van der Waals surface area contributed by atoms with Gasteiger partial charge in [-0.05, 0) is 42.9 Å². The Bertz CT molecular complexity index is 384. The maximum atomic E-state index is 5.81. The van der Waals surface area contributed by atoms with E-state index in [0.29, 0.717) is 12.0 Å². The van der Waals surface area contributed by atoms with Gasteiger partial charge in [-0.2, -0.15) is 0 Å². The zero-order valence-corrected chi connectivity index (χ0v) is 12.7. The van der Waals surface area contributed by atoms with E-state index in [-0.39, 0.29) is 0 Å². The van der Waals surface area contributed by atoms with Crippen molar-refractivity contribution in [3.63, 3.8) is 0 Å². The molecule has 0 radical (unpaired) electrons. The van der Waals surface area contributed by atoms with E-state index >= 15 is 0 Å². The number of hydrogen-bond donors (Lipinski definition) is 2. The van der Waals surface area contributed by atoms with Gasteiger partial charge in [0, 0.05) is 10.5 Å². The van der Waals surface area contributed by atoms with E-state index in [9.17, 15) is 0 Å². The van der Waals surface area contributed by atoms with Crippen LogP contribution in [0.2, 0.25) is 0 Å². The number of benzene rings is 1. The van der Waals surface area contributed by atoms with Gasteiger partial charge in [0.25, 0.3) is 0 Å². The molecule has 1 unspecified atom stereocenters. The molecule has 1 saturated carbocycles. The van der Waals surface area contributed by atoms with E-state index in [2.05, 4.69) is 46.5 Å². The normalized spacial score (nSPS) is 19.5. The molecule has 18 heavy (non-hydrogen) atoms. The van der Waals surface area contributed by atoms with Crippen LogP contribution in [0, 0.1) is 12.8 Å². The van der Waals surface area contributed by atoms with Crippen molar-refractivity contribution in [2.24, 2.45) is 11.8 Å². The fraction of sp³-hybridized carbons (Fsp3) is 0.600. The second-order valence-corrected chi connectivity index (χ2v) is 6.26. The van der Waals surface area contributed by atoms with Crippen LogP contribution in [0.3, 0.4) is 0 Å². The summed E-state index contributed by atoms with van der Waals surface area (Å²) in [6.07, 6.45) is 8.03. The lowest BCUT2D eigenvalue weighted by Crippen LogP contribution is -2.33. The quantitative estimate of drug-likeness (QED) is 0.498. The summed E-state index contributed by atoms with van der Waals surface area (Å²) < 4.78 is 1.17. The van der Waals surface area contributed by atoms with E-state index in [0.717, 1.165) is 0 Å². The smallest absolute Gasteiger partial charge is 0.0488 e. The van der Waals surface area contributed by atoms with Gasteiger partial charge in [-0.1, -0.05) is 53.7 Å². The Kier molecular flexibility index (Phi) is 5.22. The first kappa shape index (κ1) is 14.0. The van der Waals surface area contributed by atoms with Crippen LogP contribution >= 0.6 is 15.9 Å². The summed E-state index contributed by atoms with van der Waals surface area (Å²) in [4.78, 5) is 0. The molecule has 0 aromatic heterocycles. The van der Waals surface area contributed by atoms with Crippen molar-refractivity contribution >= 4 is 15.9 Å². The van der Waals surface area contributed by atoms with Gasteiger partial charge >= 0.3 is 0 Å². The molecule has 0 heterocycles. The number of rotatable bonds is 3. The van der Waals surface area contributed by atoms with Gasteiger partial charge in [-0.3, -0.25) is 11.3 Å². The molecule has 0 bridgehead atoms. The maximum Gasteiger partial charge on any atom is 0.0488 e. The van der Waals surface area contributed by atoms with Crippen LogP contribution in [0.15, 0.2) is 22.7 Å². The molecule has 1 aliphatic carbocycles. The second-order valence-electron chi connectivity index (χ2n) is 5.40. The lowest BCUT2D eigenvalue weighted by molar-refractivity contribution is 0.329. The maximum absolute atomic E-state index is 5.81. The van der Waals surface area contributed by atoms with Crippen molar-refractivity contribution in [2.75, 3.05) is 0 Å². The third kappa shape index (κ3) is 3.34. The summed E-state index contributed by atoms with van der Waals surface area (Å²) in [6, 6.07) is 6.88. The van der Waals surface area contributed by atoms with Crippen molar-refractivity contribution < 1.29 is 0 Å². The van der Waals surface area contributed by atoms with Gasteiger partial charge in [0.2, 0.25) is 0 Å². The van der Waals surface area contributed by atoms with Gasteiger partial charge in [0.15, 0.2) is 0 Å². The summed E-state index contributed by atoms with van der Waals surface area (Å²) >= 11 is 3.61. The molecule has 100 valence electrons. The van der Waals surface area contributed by atoms with Crippen LogP contribution in [0.4, 0.5) is 0 Å². The van der Waals surface area contributed by atoms with Crippen molar-refractivity contribution in [3.8, 4) is 0 Å². The predicted octanol–water partition coefficient (Wildman–Crippen LogP) is 4.23. The number of nitrogens with one attached hydrogen (secondary N) is 1. The van der Waals surface area contributed by atoms with Crippen molar-refractivity contribution in [2.45, 2.75) is 51.5 Å². The highest BCUT2D eigenvalue weighted by atomic mass is 79.9. The molecule has 0 amide bonds. The third-order valence-electron chi connectivity index (χ3n) is 4.11. The molecule has 2 nitrogen and oxygen atoms in total. The molecule has 2 rings (SSSR count). The Labute approximate surface area is 118 Å². The number of halogens is 1. The number of hydrazine groups is 1. The minimum Gasteiger partial charge on any atom is -0.271 e. The monoisotopic (exact) mass is 310 g/mol. The van der Waals surface area contributed by atoms with Crippen LogP contribution in [0.25, 0.3) is 0 Å². The first-order valence-electron chi connectivity index (χ1n) is 6.94. The Balaban J connectivity index is 2.17. The van der Waals surface area contributed by atoms with E-state index in [1.54, 1.807) is 0 Å². The number of aryl methyl sites for hydroxylation is 1. The molecule has 1 atom stereocenters. The average molecular weight is 311 g/mol. The summed E-state index contributed by atoms with van der Waals surface area (Å²) in [7, 11) is 0. The highest BCUT2D eigenvalue weighted by molar-refractivity contribution is 9.10. The van der Waals surface area contributed by atoms with Gasteiger partial charge < -0.3 is 0 Å². The van der Waals surface area contributed by atoms with Crippen LogP contribution in [0.5, 0.6) is 0 Å². The second kappa shape index (κ2) is 6.69. The molecule has 3 N–H and O–H groups in total. The lowest BCUT2D eigenvalue weighted by Gasteiger charge is -2.26. The SMILES string of the molecule is Cc1ccc(C(NN)C2CCCCCC2)cc1Br. The molecule has 1 aromatic rings. The predicted molar refractivity (Wildman–Crippen MR) is 80.1 cm³/mol. The Morgan fingerprint density at radius 2 is 1.89 bits per heavy atom. The zero-order valence-electron chi connectivity index (χ0n) is 11.1. The van der Waals surface area contributed by atoms with E-state index in [4.69, 9.17) is 5.84 Å². The van der Waals surface area contributed by atoms with Gasteiger partial charge in [0.1, 0.15) is 0 Å². The molecule has 0 aliphatic heterocycles. The van der Waals surface area contributed by atoms with Crippen LogP contribution < -0.4 is 11.3 Å². The number of nitrogens with two attached hydrogens (primary N) is 1. The van der Waals surface area contributed by atoms with E-state index < -0.39 is 0 Å². The van der Waals surface area contributed by atoms with Crippen molar-refractivity contribution in [3.05, 3.63) is 33.8 Å². The molecule has 1 aliphatic rings. The average Bonchev–Trinajstić information content (AvgIpc) is 2.64. The standard InChI is InChI=1S/C15H23BrN2/c1-11-8-9-13(10-14(11)16)15(18-17)12-6-4-2-3-5-7-12/h8-10,12,15,18H,2-7,17H2,1H3. The van der Waals surface area contributed by atoms with E-state index in [1.807, 2.05) is 0 Å². The molecule has 1 aromatic carbocycles. The van der Waals surface area contributed by atoms with Gasteiger partial charge in [-0.25, -0.2) is 0 Å². The molecular formula is C15H23BrN2. The third-order valence-corrected chi connectivity index (χ3v) is 4.96. The molecular weight excluding hydrogens is 288 g/mol. The Hall–Kier alpha value is -0.380. The highest BCUT2D eigenvalue weighted by Crippen LogP contribution is 2.34. The molecule has 3 heteroatoms. The van der Waals surface area contributed by atoms with Crippen LogP contribution in [-0.4, -0.2) is 0 Å². The fourth-order valence-electron chi connectivity index (χ4n) is 2.95. The minimum atomic E-state index is 0.292. The topological polar surface area (TPSA) is 38.0 Å². The first-order valence-corrected chi connectivity index (χ1v) is 7.74. The Morgan fingerprint density at radius 3 is 2.44 bits per heavy atom. The first-order chi connectivity index (χ1) is 8.72. The minimum absolute atomic E-state index is 0.292. The lowest BCUT2D eigenvalue weighted by atomic mass is 9.87. The van der Waals surface area contributed by atoms with E-state index in [1.165, 1.54) is 54.1 Å². The fourth-order valence-corrected chi connectivity index (χ4v) is 3.35. The van der Waals surface area contributed by atoms with Crippen molar-refractivity contribution in [1.29, 1.82) is 0 Å². The number of hydrogen-bond acceptors (Lipinski definition) is 2. The summed E-state index contributed by atoms with van der Waals surface area (Å²) in [5.74, 6) is 6.48. The Morgan fingerprint density at radius 1 is 1.22 bits per heavy atom.